The van der Waals surface area contributed by atoms with Gasteiger partial charge in [-0.1, -0.05) is 6.07 Å². The largest absolute Gasteiger partial charge is 0.337 e. The molecule has 2 rings (SSSR count). The van der Waals surface area contributed by atoms with E-state index in [0.29, 0.717) is 17.8 Å². The van der Waals surface area contributed by atoms with Crippen molar-refractivity contribution in [1.29, 1.82) is 0 Å². The molecule has 100 valence electrons. The predicted molar refractivity (Wildman–Crippen MR) is 73.4 cm³/mol. The van der Waals surface area contributed by atoms with E-state index in [1.54, 1.807) is 30.4 Å². The van der Waals surface area contributed by atoms with Crippen molar-refractivity contribution < 1.29 is 4.79 Å². The first kappa shape index (κ1) is 13.1. The molecule has 19 heavy (non-hydrogen) atoms. The number of carbonyl (C=O) groups excluding carboxylic acids is 1. The van der Waals surface area contributed by atoms with Crippen LogP contribution in [0.5, 0.6) is 0 Å². The van der Waals surface area contributed by atoms with Gasteiger partial charge in [-0.2, -0.15) is 5.10 Å². The Morgan fingerprint density at radius 1 is 1.53 bits per heavy atom. The molecule has 0 bridgehead atoms. The molecule has 2 aromatic rings. The van der Waals surface area contributed by atoms with E-state index in [-0.39, 0.29) is 5.91 Å². The maximum atomic E-state index is 12.4. The zero-order chi connectivity index (χ0) is 13.8. The van der Waals surface area contributed by atoms with Gasteiger partial charge in [0.1, 0.15) is 0 Å². The Kier molecular flexibility index (Phi) is 3.82. The minimum Gasteiger partial charge on any atom is -0.337 e. The second kappa shape index (κ2) is 5.53. The molecule has 0 saturated heterocycles. The molecule has 0 spiro atoms. The van der Waals surface area contributed by atoms with Crippen LogP contribution in [0.15, 0.2) is 30.6 Å². The number of hydrogen-bond donors (Lipinski definition) is 3. The van der Waals surface area contributed by atoms with Gasteiger partial charge in [0, 0.05) is 25.4 Å². The standard InChI is InChI=1S/C13H17N5O/c1-9-3-4-11(12(5-9)17-14)13(19)18(2)8-10-6-15-16-7-10/h3-7,17H,8,14H2,1-2H3,(H,15,16). The highest BCUT2D eigenvalue weighted by molar-refractivity contribution is 5.99. The molecule has 0 radical (unpaired) electrons. The van der Waals surface area contributed by atoms with Crippen LogP contribution in [0.4, 0.5) is 5.69 Å². The molecule has 0 atom stereocenters. The number of nitrogens with two attached hydrogens (primary N) is 1. The van der Waals surface area contributed by atoms with Crippen molar-refractivity contribution in [2.45, 2.75) is 13.5 Å². The van der Waals surface area contributed by atoms with Gasteiger partial charge in [-0.05, 0) is 24.6 Å². The highest BCUT2D eigenvalue weighted by Crippen LogP contribution is 2.18. The van der Waals surface area contributed by atoms with Gasteiger partial charge in [-0.15, -0.1) is 0 Å². The molecule has 6 nitrogen and oxygen atoms in total. The van der Waals surface area contributed by atoms with E-state index in [0.717, 1.165) is 11.1 Å². The number of aromatic nitrogens is 2. The highest BCUT2D eigenvalue weighted by Gasteiger charge is 2.16. The van der Waals surface area contributed by atoms with Crippen LogP contribution in [0, 0.1) is 6.92 Å². The zero-order valence-electron chi connectivity index (χ0n) is 11.0. The number of aryl methyl sites for hydroxylation is 1. The lowest BCUT2D eigenvalue weighted by atomic mass is 10.1. The molecule has 6 heteroatoms. The van der Waals surface area contributed by atoms with Gasteiger partial charge >= 0.3 is 0 Å². The summed E-state index contributed by atoms with van der Waals surface area (Å²) in [6.45, 7) is 2.44. The van der Waals surface area contributed by atoms with Crippen LogP contribution in [0.3, 0.4) is 0 Å². The third kappa shape index (κ3) is 2.92. The van der Waals surface area contributed by atoms with E-state index in [4.69, 9.17) is 5.84 Å². The van der Waals surface area contributed by atoms with Gasteiger partial charge in [-0.25, -0.2) is 0 Å². The third-order valence-electron chi connectivity index (χ3n) is 2.88. The number of nitrogen functional groups attached to an aromatic ring is 1. The number of benzene rings is 1. The van der Waals surface area contributed by atoms with Crippen molar-refractivity contribution in [1.82, 2.24) is 15.1 Å². The van der Waals surface area contributed by atoms with E-state index >= 15 is 0 Å². The summed E-state index contributed by atoms with van der Waals surface area (Å²) in [4.78, 5) is 14.0. The summed E-state index contributed by atoms with van der Waals surface area (Å²) in [6, 6.07) is 5.51. The van der Waals surface area contributed by atoms with Crippen molar-refractivity contribution in [2.24, 2.45) is 5.84 Å². The quantitative estimate of drug-likeness (QED) is 0.570. The lowest BCUT2D eigenvalue weighted by Crippen LogP contribution is -2.27. The molecule has 0 aliphatic carbocycles. The molecule has 4 N–H and O–H groups in total. The second-order valence-corrected chi connectivity index (χ2v) is 4.46. The first-order chi connectivity index (χ1) is 9.11. The minimum absolute atomic E-state index is 0.0887. The van der Waals surface area contributed by atoms with Gasteiger partial charge in [0.05, 0.1) is 17.4 Å². The summed E-state index contributed by atoms with van der Waals surface area (Å²) >= 11 is 0. The molecular weight excluding hydrogens is 242 g/mol. The summed E-state index contributed by atoms with van der Waals surface area (Å²) < 4.78 is 0. The molecule has 0 aliphatic heterocycles. The number of hydrogen-bond acceptors (Lipinski definition) is 4. The lowest BCUT2D eigenvalue weighted by molar-refractivity contribution is 0.0786. The normalized spacial score (nSPS) is 10.3. The number of anilines is 1. The van der Waals surface area contributed by atoms with E-state index < -0.39 is 0 Å². The summed E-state index contributed by atoms with van der Waals surface area (Å²) in [5.74, 6) is 5.37. The fourth-order valence-corrected chi connectivity index (χ4v) is 1.88. The zero-order valence-corrected chi connectivity index (χ0v) is 11.0. The summed E-state index contributed by atoms with van der Waals surface area (Å²) in [7, 11) is 1.75. The number of hydrazine groups is 1. The minimum atomic E-state index is -0.0887. The second-order valence-electron chi connectivity index (χ2n) is 4.46. The number of nitrogens with one attached hydrogen (secondary N) is 2. The topological polar surface area (TPSA) is 87.0 Å². The maximum Gasteiger partial charge on any atom is 0.256 e. The number of H-pyrrole nitrogens is 1. The Balaban J connectivity index is 2.19. The van der Waals surface area contributed by atoms with Crippen LogP contribution in [-0.4, -0.2) is 28.1 Å². The fraction of sp³-hybridized carbons (Fsp3) is 0.231. The monoisotopic (exact) mass is 259 g/mol. The number of amides is 1. The van der Waals surface area contributed by atoms with Crippen molar-refractivity contribution in [3.8, 4) is 0 Å². The molecule has 0 unspecified atom stereocenters. The van der Waals surface area contributed by atoms with E-state index in [1.165, 1.54) is 0 Å². The summed E-state index contributed by atoms with van der Waals surface area (Å²) in [6.07, 6.45) is 3.46. The van der Waals surface area contributed by atoms with Crippen molar-refractivity contribution >= 4 is 11.6 Å². The third-order valence-corrected chi connectivity index (χ3v) is 2.88. The van der Waals surface area contributed by atoms with E-state index in [2.05, 4.69) is 15.6 Å². The fourth-order valence-electron chi connectivity index (χ4n) is 1.88. The molecule has 0 saturated carbocycles. The Bertz CT molecular complexity index is 564. The van der Waals surface area contributed by atoms with Crippen LogP contribution >= 0.6 is 0 Å². The average Bonchev–Trinajstić information content (AvgIpc) is 2.90. The smallest absolute Gasteiger partial charge is 0.256 e. The van der Waals surface area contributed by atoms with Crippen LogP contribution in [-0.2, 0) is 6.54 Å². The molecule has 0 fully saturated rings. The lowest BCUT2D eigenvalue weighted by Gasteiger charge is -2.18. The summed E-state index contributed by atoms with van der Waals surface area (Å²) in [5.41, 5.74) is 5.74. The van der Waals surface area contributed by atoms with Crippen molar-refractivity contribution in [2.75, 3.05) is 12.5 Å². The van der Waals surface area contributed by atoms with Gasteiger partial charge in [-0.3, -0.25) is 15.7 Å². The number of nitrogens with zero attached hydrogens (tertiary/aromatic N) is 2. The van der Waals surface area contributed by atoms with Crippen LogP contribution in [0.1, 0.15) is 21.5 Å². The van der Waals surface area contributed by atoms with Gasteiger partial charge in [0.25, 0.3) is 5.91 Å². The van der Waals surface area contributed by atoms with Crippen molar-refractivity contribution in [3.05, 3.63) is 47.3 Å². The molecule has 1 amide bonds. The highest BCUT2D eigenvalue weighted by atomic mass is 16.2. The Morgan fingerprint density at radius 3 is 2.95 bits per heavy atom. The molecule has 1 aromatic carbocycles. The molecule has 0 aliphatic rings. The van der Waals surface area contributed by atoms with E-state index in [1.807, 2.05) is 19.1 Å². The number of carbonyl (C=O) groups is 1. The Labute approximate surface area is 111 Å². The number of aromatic amines is 1. The van der Waals surface area contributed by atoms with Crippen LogP contribution < -0.4 is 11.3 Å². The van der Waals surface area contributed by atoms with Crippen LogP contribution in [0.2, 0.25) is 0 Å². The molecule has 1 heterocycles. The van der Waals surface area contributed by atoms with Gasteiger partial charge in [0.2, 0.25) is 0 Å². The molecule has 1 aromatic heterocycles. The molecular formula is C13H17N5O. The van der Waals surface area contributed by atoms with Crippen LogP contribution in [0.25, 0.3) is 0 Å². The predicted octanol–water partition coefficient (Wildman–Crippen LogP) is 1.28. The van der Waals surface area contributed by atoms with Gasteiger partial charge < -0.3 is 10.3 Å². The van der Waals surface area contributed by atoms with Crippen molar-refractivity contribution in [3.63, 3.8) is 0 Å². The Morgan fingerprint density at radius 2 is 2.32 bits per heavy atom. The number of rotatable bonds is 4. The van der Waals surface area contributed by atoms with Gasteiger partial charge in [0.15, 0.2) is 0 Å². The Hall–Kier alpha value is -2.34. The first-order valence-electron chi connectivity index (χ1n) is 5.92. The summed E-state index contributed by atoms with van der Waals surface area (Å²) in [5, 5.41) is 6.58. The first-order valence-corrected chi connectivity index (χ1v) is 5.92. The maximum absolute atomic E-state index is 12.4. The SMILES string of the molecule is Cc1ccc(C(=O)N(C)Cc2cn[nH]c2)c(NN)c1. The van der Waals surface area contributed by atoms with E-state index in [9.17, 15) is 4.79 Å². The average molecular weight is 259 g/mol.